The van der Waals surface area contributed by atoms with Crippen LogP contribution in [-0.2, 0) is 38.5 Å². The maximum absolute atomic E-state index is 2.50. The van der Waals surface area contributed by atoms with Crippen LogP contribution in [0.3, 0.4) is 0 Å². The summed E-state index contributed by atoms with van der Waals surface area (Å²) in [5, 5.41) is 4.87. The van der Waals surface area contributed by atoms with Crippen LogP contribution >= 0.6 is 7.92 Å². The Kier molecular flexibility index (Phi) is 12.4. The predicted octanol–water partition coefficient (Wildman–Crippen LogP) is 9.16. The van der Waals surface area contributed by atoms with Gasteiger partial charge in [0, 0.05) is 0 Å². The topological polar surface area (TPSA) is 0 Å². The van der Waals surface area contributed by atoms with Crippen LogP contribution in [-0.4, -0.2) is 0 Å². The summed E-state index contributed by atoms with van der Waals surface area (Å²) in [6.07, 6.45) is 14.3. The van der Waals surface area contributed by atoms with E-state index in [1.54, 1.807) is 49.3 Å². The predicted molar refractivity (Wildman–Crippen MR) is 169 cm³/mol. The van der Waals surface area contributed by atoms with Crippen molar-refractivity contribution in [2.24, 2.45) is 0 Å². The van der Waals surface area contributed by atoms with E-state index >= 15 is 0 Å². The first-order valence-corrected chi connectivity index (χ1v) is 16.6. The lowest BCUT2D eigenvalue weighted by atomic mass is 9.99. The third kappa shape index (κ3) is 7.15. The monoisotopic (exact) mass is 514 g/mol. The van der Waals surface area contributed by atoms with Crippen LogP contribution in [0.15, 0.2) is 54.6 Å². The lowest BCUT2D eigenvalue weighted by Gasteiger charge is -2.29. The number of hydrogen-bond acceptors (Lipinski definition) is 0. The first kappa shape index (κ1) is 29.6. The van der Waals surface area contributed by atoms with E-state index in [-0.39, 0.29) is 0 Å². The molecule has 0 aromatic heterocycles. The minimum atomic E-state index is -0.624. The zero-order valence-electron chi connectivity index (χ0n) is 24.6. The molecule has 0 radical (unpaired) electrons. The fourth-order valence-electron chi connectivity index (χ4n) is 6.01. The van der Waals surface area contributed by atoms with Crippen molar-refractivity contribution in [1.82, 2.24) is 0 Å². The Balaban J connectivity index is 2.42. The van der Waals surface area contributed by atoms with Gasteiger partial charge in [0.25, 0.3) is 0 Å². The molecule has 0 N–H and O–H groups in total. The van der Waals surface area contributed by atoms with Crippen molar-refractivity contribution in [3.8, 4) is 0 Å². The van der Waals surface area contributed by atoms with Crippen molar-refractivity contribution in [3.63, 3.8) is 0 Å². The highest BCUT2D eigenvalue weighted by atomic mass is 31.1. The third-order valence-corrected chi connectivity index (χ3v) is 10.2. The van der Waals surface area contributed by atoms with E-state index in [0.29, 0.717) is 0 Å². The zero-order chi connectivity index (χ0) is 26.6. The molecule has 37 heavy (non-hydrogen) atoms. The molecule has 0 aliphatic carbocycles. The van der Waals surface area contributed by atoms with E-state index in [2.05, 4.69) is 96.1 Å². The molecule has 0 saturated heterocycles. The summed E-state index contributed by atoms with van der Waals surface area (Å²) in [6, 6.07) is 21.8. The molecular weight excluding hydrogens is 463 g/mol. The quantitative estimate of drug-likeness (QED) is 0.177. The Labute approximate surface area is 230 Å². The Morgan fingerprint density at radius 2 is 0.649 bits per heavy atom. The second-order valence-electron chi connectivity index (χ2n) is 10.6. The lowest BCUT2D eigenvalue weighted by molar-refractivity contribution is 0.863. The molecule has 200 valence electrons. The van der Waals surface area contributed by atoms with Crippen molar-refractivity contribution in [1.29, 1.82) is 0 Å². The van der Waals surface area contributed by atoms with Gasteiger partial charge in [0.05, 0.1) is 0 Å². The molecule has 3 rings (SSSR count). The molecule has 0 nitrogen and oxygen atoms in total. The van der Waals surface area contributed by atoms with Gasteiger partial charge in [0.15, 0.2) is 0 Å². The van der Waals surface area contributed by atoms with Crippen molar-refractivity contribution in [2.75, 3.05) is 0 Å². The first-order valence-electron chi connectivity index (χ1n) is 15.3. The highest BCUT2D eigenvalue weighted by molar-refractivity contribution is 7.80. The summed E-state index contributed by atoms with van der Waals surface area (Å²) in [4.78, 5) is 0. The Hall–Kier alpha value is -1.91. The number of hydrogen-bond donors (Lipinski definition) is 0. The summed E-state index contributed by atoms with van der Waals surface area (Å²) in [7, 11) is -0.624. The Morgan fingerprint density at radius 1 is 0.378 bits per heavy atom. The van der Waals surface area contributed by atoms with Gasteiger partial charge in [-0.05, 0) is 95.7 Å². The molecule has 0 spiro atoms. The van der Waals surface area contributed by atoms with Crippen molar-refractivity contribution in [2.45, 2.75) is 119 Å². The van der Waals surface area contributed by atoms with Gasteiger partial charge < -0.3 is 0 Å². The maximum Gasteiger partial charge on any atom is -0.0116 e. The van der Waals surface area contributed by atoms with Crippen LogP contribution < -0.4 is 15.9 Å². The van der Waals surface area contributed by atoms with Gasteiger partial charge in [-0.2, -0.15) is 0 Å². The van der Waals surface area contributed by atoms with Crippen molar-refractivity contribution >= 4 is 23.8 Å². The largest absolute Gasteiger partial charge is 0.0651 e. The van der Waals surface area contributed by atoms with E-state index in [4.69, 9.17) is 0 Å². The SMILES string of the molecule is CCCc1cccc(P(c2cccc(CCC)c2CCC)c2cccc(CCC)c2CCC)c1CCC. The van der Waals surface area contributed by atoms with E-state index in [1.165, 1.54) is 77.0 Å². The fourth-order valence-corrected chi connectivity index (χ4v) is 9.07. The maximum atomic E-state index is 2.50. The molecule has 0 aliphatic rings. The van der Waals surface area contributed by atoms with Crippen LogP contribution in [0.25, 0.3) is 0 Å². The number of benzene rings is 3. The minimum absolute atomic E-state index is 0.624. The second kappa shape index (κ2) is 15.5. The number of rotatable bonds is 15. The molecule has 0 unspecified atom stereocenters. The van der Waals surface area contributed by atoms with E-state index in [9.17, 15) is 0 Å². The molecule has 0 heterocycles. The number of aryl methyl sites for hydroxylation is 3. The highest BCUT2D eigenvalue weighted by Gasteiger charge is 2.26. The minimum Gasteiger partial charge on any atom is -0.0651 e. The summed E-state index contributed by atoms with van der Waals surface area (Å²) in [5.74, 6) is 0. The van der Waals surface area contributed by atoms with Crippen molar-refractivity contribution < 1.29 is 0 Å². The van der Waals surface area contributed by atoms with Gasteiger partial charge in [-0.3, -0.25) is 0 Å². The fraction of sp³-hybridized carbons (Fsp3) is 0.500. The van der Waals surface area contributed by atoms with Crippen LogP contribution in [0.5, 0.6) is 0 Å². The van der Waals surface area contributed by atoms with Crippen LogP contribution in [0, 0.1) is 0 Å². The van der Waals surface area contributed by atoms with Crippen LogP contribution in [0.4, 0.5) is 0 Å². The standard InChI is InChI=1S/C36H51P/c1-7-16-28-22-13-25-34(31(28)19-10-4)37(35-26-14-23-29(17-8-2)32(35)20-11-5)36-27-15-24-30(18-9-3)33(36)21-12-6/h13-15,22-27H,7-12,16-21H2,1-6H3. The van der Waals surface area contributed by atoms with Crippen LogP contribution in [0.2, 0.25) is 0 Å². The van der Waals surface area contributed by atoms with Crippen molar-refractivity contribution in [3.05, 3.63) is 88.0 Å². The van der Waals surface area contributed by atoms with Gasteiger partial charge in [0.2, 0.25) is 0 Å². The molecule has 1 heteroatoms. The summed E-state index contributed by atoms with van der Waals surface area (Å²) >= 11 is 0. The molecule has 0 aliphatic heterocycles. The summed E-state index contributed by atoms with van der Waals surface area (Å²) in [5.41, 5.74) is 9.67. The zero-order valence-corrected chi connectivity index (χ0v) is 25.5. The van der Waals surface area contributed by atoms with Gasteiger partial charge in [-0.1, -0.05) is 135 Å². The van der Waals surface area contributed by atoms with E-state index < -0.39 is 7.92 Å². The summed E-state index contributed by atoms with van der Waals surface area (Å²) < 4.78 is 0. The molecule has 0 amide bonds. The molecule has 3 aromatic carbocycles. The normalized spacial score (nSPS) is 11.4. The van der Waals surface area contributed by atoms with Gasteiger partial charge in [-0.15, -0.1) is 0 Å². The van der Waals surface area contributed by atoms with Gasteiger partial charge in [0.1, 0.15) is 0 Å². The Bertz CT molecular complexity index is 968. The highest BCUT2D eigenvalue weighted by Crippen LogP contribution is 2.40. The van der Waals surface area contributed by atoms with Gasteiger partial charge >= 0.3 is 0 Å². The molecule has 0 saturated carbocycles. The molecule has 0 atom stereocenters. The molecule has 0 bridgehead atoms. The second-order valence-corrected chi connectivity index (χ2v) is 12.7. The Morgan fingerprint density at radius 3 is 0.892 bits per heavy atom. The smallest absolute Gasteiger partial charge is 0.0116 e. The summed E-state index contributed by atoms with van der Waals surface area (Å²) in [6.45, 7) is 14.0. The average molecular weight is 515 g/mol. The molecule has 3 aromatic rings. The van der Waals surface area contributed by atoms with Gasteiger partial charge in [-0.25, -0.2) is 0 Å². The molecular formula is C36H51P. The van der Waals surface area contributed by atoms with E-state index in [1.807, 2.05) is 0 Å². The average Bonchev–Trinajstić information content (AvgIpc) is 2.90. The lowest BCUT2D eigenvalue weighted by Crippen LogP contribution is -2.29. The molecule has 0 fully saturated rings. The third-order valence-electron chi connectivity index (χ3n) is 7.53. The first-order chi connectivity index (χ1) is 18.1. The van der Waals surface area contributed by atoms with Crippen LogP contribution in [0.1, 0.15) is 113 Å². The van der Waals surface area contributed by atoms with E-state index in [0.717, 1.165) is 0 Å².